The third kappa shape index (κ3) is 5.29. The molecule has 0 aliphatic heterocycles. The minimum atomic E-state index is 0.618. The van der Waals surface area contributed by atoms with E-state index in [1.807, 2.05) is 42.5 Å². The Bertz CT molecular complexity index is 3220. The summed E-state index contributed by atoms with van der Waals surface area (Å²) in [7, 11) is 0. The zero-order valence-electron chi connectivity index (χ0n) is 30.2. The molecule has 5 nitrogen and oxygen atoms in total. The highest BCUT2D eigenvalue weighted by molar-refractivity contribution is 6.14. The van der Waals surface area contributed by atoms with Gasteiger partial charge in [0.15, 0.2) is 23.1 Å². The van der Waals surface area contributed by atoms with Crippen molar-refractivity contribution in [2.45, 2.75) is 0 Å². The number of para-hydroxylation sites is 3. The average molecular weight is 717 g/mol. The fourth-order valence-electron chi connectivity index (χ4n) is 7.99. The first-order valence-corrected chi connectivity index (χ1v) is 18.8. The van der Waals surface area contributed by atoms with Gasteiger partial charge in [0.05, 0.1) is 16.7 Å². The van der Waals surface area contributed by atoms with Crippen molar-refractivity contribution in [1.29, 1.82) is 0 Å². The molecule has 0 saturated carbocycles. The number of hydrogen-bond donors (Lipinski definition) is 0. The Hall–Kier alpha value is -7.63. The molecule has 0 amide bonds. The molecular formula is C51H32N4O. The Balaban J connectivity index is 1.08. The highest BCUT2D eigenvalue weighted by Crippen LogP contribution is 2.41. The predicted octanol–water partition coefficient (Wildman–Crippen LogP) is 13.2. The number of aromatic nitrogens is 4. The van der Waals surface area contributed by atoms with Crippen LogP contribution in [-0.4, -0.2) is 19.5 Å². The molecule has 0 bridgehead atoms. The maximum Gasteiger partial charge on any atom is 0.164 e. The monoisotopic (exact) mass is 716 g/mol. The van der Waals surface area contributed by atoms with Crippen LogP contribution >= 0.6 is 0 Å². The summed E-state index contributed by atoms with van der Waals surface area (Å²) in [5.41, 5.74) is 12.2. The smallest absolute Gasteiger partial charge is 0.164 e. The van der Waals surface area contributed by atoms with Gasteiger partial charge in [-0.25, -0.2) is 15.0 Å². The highest BCUT2D eigenvalue weighted by Gasteiger charge is 2.20. The molecule has 0 aliphatic carbocycles. The molecule has 5 heteroatoms. The summed E-state index contributed by atoms with van der Waals surface area (Å²) in [5, 5.41) is 4.42. The summed E-state index contributed by atoms with van der Waals surface area (Å²) in [6.45, 7) is 0. The van der Waals surface area contributed by atoms with Gasteiger partial charge in [0.1, 0.15) is 5.58 Å². The van der Waals surface area contributed by atoms with Crippen molar-refractivity contribution in [2.75, 3.05) is 0 Å². The average Bonchev–Trinajstić information content (AvgIpc) is 3.83. The first kappa shape index (κ1) is 31.9. The molecular weight excluding hydrogens is 685 g/mol. The molecule has 0 N–H and O–H groups in total. The molecule has 8 aromatic carbocycles. The highest BCUT2D eigenvalue weighted by atomic mass is 16.3. The van der Waals surface area contributed by atoms with Crippen LogP contribution in [0.25, 0.3) is 106 Å². The summed E-state index contributed by atoms with van der Waals surface area (Å²) in [5.74, 6) is 1.88. The Kier molecular flexibility index (Phi) is 7.42. The second-order valence-electron chi connectivity index (χ2n) is 14.0. The summed E-state index contributed by atoms with van der Waals surface area (Å²) in [4.78, 5) is 15.2. The number of fused-ring (bicyclic) bond motifs is 6. The van der Waals surface area contributed by atoms with Crippen LogP contribution in [0.5, 0.6) is 0 Å². The van der Waals surface area contributed by atoms with Crippen LogP contribution in [0.15, 0.2) is 199 Å². The first-order chi connectivity index (χ1) is 27.8. The fourth-order valence-corrected chi connectivity index (χ4v) is 7.99. The van der Waals surface area contributed by atoms with Gasteiger partial charge in [-0.05, 0) is 47.0 Å². The molecule has 0 aliphatic rings. The molecule has 11 aromatic rings. The Morgan fingerprint density at radius 1 is 0.321 bits per heavy atom. The largest absolute Gasteiger partial charge is 0.453 e. The van der Waals surface area contributed by atoms with E-state index >= 15 is 0 Å². The summed E-state index contributed by atoms with van der Waals surface area (Å²) in [6, 6.07) is 67.3. The van der Waals surface area contributed by atoms with Gasteiger partial charge in [-0.2, -0.15) is 0 Å². The van der Waals surface area contributed by atoms with E-state index in [0.29, 0.717) is 17.5 Å². The standard InChI is InChI=1S/C51H32N4O/c1-4-14-33(15-5-1)34-26-28-37(29-27-34)50-52-49(36-18-8-3-9-19-36)53-51(54-50)38-30-31-45-43(32-38)40-20-10-11-24-44(40)55(45)46-25-13-23-42-41-22-12-21-39(47(41)56-48(42)46)35-16-6-2-7-17-35/h1-32H. The maximum atomic E-state index is 6.88. The summed E-state index contributed by atoms with van der Waals surface area (Å²) < 4.78 is 9.20. The third-order valence-corrected chi connectivity index (χ3v) is 10.7. The van der Waals surface area contributed by atoms with Crippen LogP contribution in [0.1, 0.15) is 0 Å². The predicted molar refractivity (Wildman–Crippen MR) is 229 cm³/mol. The molecule has 3 heterocycles. The Labute approximate surface area is 322 Å². The lowest BCUT2D eigenvalue weighted by Gasteiger charge is -2.10. The van der Waals surface area contributed by atoms with Crippen molar-refractivity contribution in [3.8, 4) is 62.1 Å². The zero-order valence-corrected chi connectivity index (χ0v) is 30.2. The Morgan fingerprint density at radius 3 is 1.52 bits per heavy atom. The first-order valence-electron chi connectivity index (χ1n) is 18.8. The van der Waals surface area contributed by atoms with Gasteiger partial charge in [-0.15, -0.1) is 0 Å². The number of rotatable bonds is 6. The molecule has 0 spiro atoms. The SMILES string of the molecule is c1ccc(-c2ccc(-c3nc(-c4ccccc4)nc(-c4ccc5c(c4)c4ccccc4n5-c4cccc5c4oc4c(-c6ccccc6)cccc45)n3)cc2)cc1. The molecule has 0 radical (unpaired) electrons. The van der Waals surface area contributed by atoms with Gasteiger partial charge in [-0.1, -0.05) is 164 Å². The number of benzene rings is 8. The van der Waals surface area contributed by atoms with E-state index in [9.17, 15) is 0 Å². The molecule has 0 saturated heterocycles. The normalized spacial score (nSPS) is 11.6. The van der Waals surface area contributed by atoms with E-state index in [1.165, 1.54) is 5.56 Å². The molecule has 0 fully saturated rings. The van der Waals surface area contributed by atoms with Crippen LogP contribution in [0.4, 0.5) is 0 Å². The summed E-state index contributed by atoms with van der Waals surface area (Å²) >= 11 is 0. The van der Waals surface area contributed by atoms with Crippen molar-refractivity contribution in [3.63, 3.8) is 0 Å². The molecule has 56 heavy (non-hydrogen) atoms. The van der Waals surface area contributed by atoms with E-state index in [0.717, 1.165) is 82.8 Å². The molecule has 0 unspecified atom stereocenters. The number of hydrogen-bond acceptors (Lipinski definition) is 4. The summed E-state index contributed by atoms with van der Waals surface area (Å²) in [6.07, 6.45) is 0. The second kappa shape index (κ2) is 13.0. The van der Waals surface area contributed by atoms with E-state index in [2.05, 4.69) is 156 Å². The zero-order chi connectivity index (χ0) is 37.0. The van der Waals surface area contributed by atoms with Crippen molar-refractivity contribution in [2.24, 2.45) is 0 Å². The second-order valence-corrected chi connectivity index (χ2v) is 14.0. The van der Waals surface area contributed by atoms with Crippen molar-refractivity contribution >= 4 is 43.7 Å². The van der Waals surface area contributed by atoms with Gasteiger partial charge in [0.2, 0.25) is 0 Å². The topological polar surface area (TPSA) is 56.7 Å². The maximum absolute atomic E-state index is 6.88. The van der Waals surface area contributed by atoms with Crippen LogP contribution in [0.2, 0.25) is 0 Å². The lowest BCUT2D eigenvalue weighted by atomic mass is 10.0. The van der Waals surface area contributed by atoms with Crippen molar-refractivity contribution < 1.29 is 4.42 Å². The van der Waals surface area contributed by atoms with Crippen LogP contribution in [0.3, 0.4) is 0 Å². The molecule has 0 atom stereocenters. The molecule has 11 rings (SSSR count). The van der Waals surface area contributed by atoms with Crippen molar-refractivity contribution in [3.05, 3.63) is 194 Å². The fraction of sp³-hybridized carbons (Fsp3) is 0. The molecule has 262 valence electrons. The van der Waals surface area contributed by atoms with Gasteiger partial charge in [0.25, 0.3) is 0 Å². The lowest BCUT2D eigenvalue weighted by molar-refractivity contribution is 0.667. The third-order valence-electron chi connectivity index (χ3n) is 10.7. The van der Waals surface area contributed by atoms with Gasteiger partial charge < -0.3 is 8.98 Å². The van der Waals surface area contributed by atoms with Crippen molar-refractivity contribution in [1.82, 2.24) is 19.5 Å². The van der Waals surface area contributed by atoms with E-state index in [-0.39, 0.29) is 0 Å². The van der Waals surface area contributed by atoms with Gasteiger partial charge in [0, 0.05) is 43.8 Å². The van der Waals surface area contributed by atoms with E-state index in [1.54, 1.807) is 0 Å². The minimum absolute atomic E-state index is 0.618. The lowest BCUT2D eigenvalue weighted by Crippen LogP contribution is -2.00. The minimum Gasteiger partial charge on any atom is -0.453 e. The number of nitrogens with zero attached hydrogens (tertiary/aromatic N) is 4. The van der Waals surface area contributed by atoms with Crippen LogP contribution in [-0.2, 0) is 0 Å². The quantitative estimate of drug-likeness (QED) is 0.172. The van der Waals surface area contributed by atoms with Gasteiger partial charge >= 0.3 is 0 Å². The van der Waals surface area contributed by atoms with E-state index in [4.69, 9.17) is 19.4 Å². The Morgan fingerprint density at radius 2 is 0.804 bits per heavy atom. The van der Waals surface area contributed by atoms with E-state index < -0.39 is 0 Å². The molecule has 3 aromatic heterocycles. The van der Waals surface area contributed by atoms with Crippen LogP contribution < -0.4 is 0 Å². The van der Waals surface area contributed by atoms with Gasteiger partial charge in [-0.3, -0.25) is 0 Å². The van der Waals surface area contributed by atoms with Crippen LogP contribution in [0, 0.1) is 0 Å². The number of furan rings is 1.